The number of nitrogens with zero attached hydrogens (tertiary/aromatic N) is 2. The standard InChI is InChI=1S/C16H23N3O2/c17-10-14-9-16(20)19(12-14)11-13-1-3-15(4-2-13)18-5-7-21-8-6-18/h1-4,14H,5-12,17H2. The summed E-state index contributed by atoms with van der Waals surface area (Å²) in [5.41, 5.74) is 8.07. The maximum Gasteiger partial charge on any atom is 0.223 e. The third kappa shape index (κ3) is 3.36. The molecule has 5 nitrogen and oxygen atoms in total. The lowest BCUT2D eigenvalue weighted by atomic mass is 10.1. The van der Waals surface area contributed by atoms with Crippen molar-refractivity contribution in [2.45, 2.75) is 13.0 Å². The number of amides is 1. The van der Waals surface area contributed by atoms with Crippen molar-refractivity contribution in [1.82, 2.24) is 4.90 Å². The first-order valence-electron chi connectivity index (χ1n) is 7.66. The van der Waals surface area contributed by atoms with Crippen LogP contribution in [0.1, 0.15) is 12.0 Å². The average Bonchev–Trinajstić information content (AvgIpc) is 2.89. The van der Waals surface area contributed by atoms with Crippen molar-refractivity contribution in [3.63, 3.8) is 0 Å². The number of ether oxygens (including phenoxy) is 1. The predicted molar refractivity (Wildman–Crippen MR) is 82.1 cm³/mol. The number of nitrogens with two attached hydrogens (primary N) is 1. The molecule has 21 heavy (non-hydrogen) atoms. The molecule has 2 aliphatic rings. The molecule has 2 aliphatic heterocycles. The monoisotopic (exact) mass is 289 g/mol. The Hall–Kier alpha value is -1.59. The summed E-state index contributed by atoms with van der Waals surface area (Å²) < 4.78 is 5.37. The number of carbonyl (C=O) groups is 1. The number of hydrogen-bond acceptors (Lipinski definition) is 4. The molecule has 2 saturated heterocycles. The Kier molecular flexibility index (Phi) is 4.41. The van der Waals surface area contributed by atoms with E-state index in [1.807, 2.05) is 4.90 Å². The van der Waals surface area contributed by atoms with Gasteiger partial charge in [-0.15, -0.1) is 0 Å². The van der Waals surface area contributed by atoms with Crippen LogP contribution in [0.4, 0.5) is 5.69 Å². The second-order valence-corrected chi connectivity index (χ2v) is 5.85. The number of morpholine rings is 1. The van der Waals surface area contributed by atoms with E-state index in [1.54, 1.807) is 0 Å². The highest BCUT2D eigenvalue weighted by molar-refractivity contribution is 5.78. The highest BCUT2D eigenvalue weighted by atomic mass is 16.5. The summed E-state index contributed by atoms with van der Waals surface area (Å²) in [6.45, 7) is 5.57. The zero-order chi connectivity index (χ0) is 14.7. The minimum absolute atomic E-state index is 0.225. The molecule has 0 bridgehead atoms. The minimum Gasteiger partial charge on any atom is -0.378 e. The summed E-state index contributed by atoms with van der Waals surface area (Å²) in [6, 6.07) is 8.52. The molecular weight excluding hydrogens is 266 g/mol. The lowest BCUT2D eigenvalue weighted by Crippen LogP contribution is -2.36. The number of benzene rings is 1. The fourth-order valence-electron chi connectivity index (χ4n) is 3.02. The molecule has 0 spiro atoms. The Labute approximate surface area is 125 Å². The summed E-state index contributed by atoms with van der Waals surface area (Å²) in [5.74, 6) is 0.549. The Morgan fingerprint density at radius 2 is 1.90 bits per heavy atom. The average molecular weight is 289 g/mol. The fraction of sp³-hybridized carbons (Fsp3) is 0.562. The van der Waals surface area contributed by atoms with E-state index in [4.69, 9.17) is 10.5 Å². The molecule has 1 aromatic rings. The number of hydrogen-bond donors (Lipinski definition) is 1. The van der Waals surface area contributed by atoms with Gasteiger partial charge >= 0.3 is 0 Å². The van der Waals surface area contributed by atoms with Gasteiger partial charge in [0.15, 0.2) is 0 Å². The first-order valence-corrected chi connectivity index (χ1v) is 7.66. The second-order valence-electron chi connectivity index (χ2n) is 5.85. The molecular formula is C16H23N3O2. The van der Waals surface area contributed by atoms with E-state index in [1.165, 1.54) is 11.3 Å². The quantitative estimate of drug-likeness (QED) is 0.892. The molecule has 2 heterocycles. The fourth-order valence-corrected chi connectivity index (χ4v) is 3.02. The smallest absolute Gasteiger partial charge is 0.223 e. The number of carbonyl (C=O) groups excluding carboxylic acids is 1. The molecule has 0 aromatic heterocycles. The SMILES string of the molecule is NCC1CC(=O)N(Cc2ccc(N3CCOCC3)cc2)C1. The van der Waals surface area contributed by atoms with Gasteiger partial charge in [-0.3, -0.25) is 4.79 Å². The summed E-state index contributed by atoms with van der Waals surface area (Å²) in [5, 5.41) is 0. The van der Waals surface area contributed by atoms with Crippen molar-refractivity contribution in [3.05, 3.63) is 29.8 Å². The van der Waals surface area contributed by atoms with Crippen LogP contribution in [-0.2, 0) is 16.1 Å². The van der Waals surface area contributed by atoms with Crippen LogP contribution < -0.4 is 10.6 Å². The van der Waals surface area contributed by atoms with Gasteiger partial charge in [-0.25, -0.2) is 0 Å². The summed E-state index contributed by atoms with van der Waals surface area (Å²) >= 11 is 0. The molecule has 1 unspecified atom stereocenters. The molecule has 114 valence electrons. The van der Waals surface area contributed by atoms with Gasteiger partial charge in [0, 0.05) is 38.3 Å². The number of likely N-dealkylation sites (tertiary alicyclic amines) is 1. The maximum absolute atomic E-state index is 11.9. The van der Waals surface area contributed by atoms with Crippen molar-refractivity contribution in [2.75, 3.05) is 44.3 Å². The third-order valence-corrected chi connectivity index (χ3v) is 4.31. The molecule has 0 saturated carbocycles. The van der Waals surface area contributed by atoms with Crippen molar-refractivity contribution < 1.29 is 9.53 Å². The van der Waals surface area contributed by atoms with Gasteiger partial charge in [-0.2, -0.15) is 0 Å². The zero-order valence-corrected chi connectivity index (χ0v) is 12.3. The van der Waals surface area contributed by atoms with E-state index in [9.17, 15) is 4.79 Å². The van der Waals surface area contributed by atoms with E-state index in [0.29, 0.717) is 25.4 Å². The van der Waals surface area contributed by atoms with Gasteiger partial charge in [0.1, 0.15) is 0 Å². The summed E-state index contributed by atoms with van der Waals surface area (Å²) in [6.07, 6.45) is 0.600. The van der Waals surface area contributed by atoms with Gasteiger partial charge < -0.3 is 20.3 Å². The Balaban J connectivity index is 1.60. The van der Waals surface area contributed by atoms with E-state index < -0.39 is 0 Å². The normalized spacial score (nSPS) is 22.9. The van der Waals surface area contributed by atoms with Crippen LogP contribution >= 0.6 is 0 Å². The van der Waals surface area contributed by atoms with Crippen molar-refractivity contribution >= 4 is 11.6 Å². The summed E-state index contributed by atoms with van der Waals surface area (Å²) in [7, 11) is 0. The van der Waals surface area contributed by atoms with Gasteiger partial charge in [0.25, 0.3) is 0 Å². The first-order chi connectivity index (χ1) is 10.3. The molecule has 1 amide bonds. The lowest BCUT2D eigenvalue weighted by Gasteiger charge is -2.29. The lowest BCUT2D eigenvalue weighted by molar-refractivity contribution is -0.128. The van der Waals surface area contributed by atoms with Gasteiger partial charge in [-0.1, -0.05) is 12.1 Å². The van der Waals surface area contributed by atoms with Crippen LogP contribution in [0.15, 0.2) is 24.3 Å². The molecule has 0 aliphatic carbocycles. The largest absolute Gasteiger partial charge is 0.378 e. The molecule has 1 aromatic carbocycles. The third-order valence-electron chi connectivity index (χ3n) is 4.31. The first kappa shape index (κ1) is 14.4. The summed E-state index contributed by atoms with van der Waals surface area (Å²) in [4.78, 5) is 16.2. The number of anilines is 1. The number of rotatable bonds is 4. The van der Waals surface area contributed by atoms with Gasteiger partial charge in [-0.05, 0) is 30.2 Å². The van der Waals surface area contributed by atoms with Crippen LogP contribution in [0.25, 0.3) is 0 Å². The molecule has 5 heteroatoms. The van der Waals surface area contributed by atoms with E-state index in [-0.39, 0.29) is 5.91 Å². The van der Waals surface area contributed by atoms with Crippen molar-refractivity contribution in [3.8, 4) is 0 Å². The van der Waals surface area contributed by atoms with E-state index >= 15 is 0 Å². The molecule has 0 radical (unpaired) electrons. The Bertz CT molecular complexity index is 483. The van der Waals surface area contributed by atoms with Crippen molar-refractivity contribution in [2.24, 2.45) is 11.7 Å². The second kappa shape index (κ2) is 6.45. The van der Waals surface area contributed by atoms with Crippen molar-refractivity contribution in [1.29, 1.82) is 0 Å². The van der Waals surface area contributed by atoms with Gasteiger partial charge in [0.2, 0.25) is 5.91 Å². The Morgan fingerprint density at radius 1 is 1.19 bits per heavy atom. The van der Waals surface area contributed by atoms with Crippen LogP contribution in [-0.4, -0.2) is 50.2 Å². The maximum atomic E-state index is 11.9. The molecule has 2 fully saturated rings. The molecule has 1 atom stereocenters. The minimum atomic E-state index is 0.225. The topological polar surface area (TPSA) is 58.8 Å². The highest BCUT2D eigenvalue weighted by Gasteiger charge is 2.28. The Morgan fingerprint density at radius 3 is 2.52 bits per heavy atom. The van der Waals surface area contributed by atoms with E-state index in [0.717, 1.165) is 32.8 Å². The van der Waals surface area contributed by atoms with E-state index in [2.05, 4.69) is 29.2 Å². The van der Waals surface area contributed by atoms with Crippen LogP contribution in [0.5, 0.6) is 0 Å². The molecule has 3 rings (SSSR count). The predicted octanol–water partition coefficient (Wildman–Crippen LogP) is 0.830. The van der Waals surface area contributed by atoms with Crippen LogP contribution in [0.2, 0.25) is 0 Å². The highest BCUT2D eigenvalue weighted by Crippen LogP contribution is 2.21. The van der Waals surface area contributed by atoms with Gasteiger partial charge in [0.05, 0.1) is 13.2 Å². The van der Waals surface area contributed by atoms with Crippen LogP contribution in [0, 0.1) is 5.92 Å². The zero-order valence-electron chi connectivity index (χ0n) is 12.3. The van der Waals surface area contributed by atoms with Crippen LogP contribution in [0.3, 0.4) is 0 Å². The molecule has 2 N–H and O–H groups in total.